The van der Waals surface area contributed by atoms with Crippen molar-refractivity contribution < 1.29 is 19.0 Å². The van der Waals surface area contributed by atoms with Crippen LogP contribution in [0.1, 0.15) is 30.4 Å². The second kappa shape index (κ2) is 13.6. The first-order valence-electron chi connectivity index (χ1n) is 11.4. The quantitative estimate of drug-likeness (QED) is 0.433. The average Bonchev–Trinajstić information content (AvgIpc) is 2.86. The number of benzene rings is 2. The monoisotopic (exact) mass is 490 g/mol. The van der Waals surface area contributed by atoms with Crippen molar-refractivity contribution in [2.45, 2.75) is 24.9 Å². The van der Waals surface area contributed by atoms with Crippen LogP contribution in [0.15, 0.2) is 42.5 Å². The summed E-state index contributed by atoms with van der Waals surface area (Å²) in [7, 11) is 1.61. The Balaban J connectivity index is 1.50. The molecule has 33 heavy (non-hydrogen) atoms. The topological polar surface area (TPSA) is 60.0 Å². The van der Waals surface area contributed by atoms with Crippen molar-refractivity contribution in [1.29, 1.82) is 0 Å². The lowest BCUT2D eigenvalue weighted by atomic mass is 10.2. The maximum absolute atomic E-state index is 12.4. The number of amides is 1. The summed E-state index contributed by atoms with van der Waals surface area (Å²) < 4.78 is 17.5. The first-order valence-corrected chi connectivity index (χ1v) is 13.5. The second-order valence-corrected chi connectivity index (χ2v) is 10.3. The van der Waals surface area contributed by atoms with Crippen molar-refractivity contribution in [3.63, 3.8) is 0 Å². The van der Waals surface area contributed by atoms with Crippen LogP contribution in [0, 0.1) is 0 Å². The van der Waals surface area contributed by atoms with Crippen molar-refractivity contribution in [3.05, 3.63) is 48.0 Å². The van der Waals surface area contributed by atoms with Crippen LogP contribution < -0.4 is 19.5 Å². The van der Waals surface area contributed by atoms with E-state index < -0.39 is 0 Å². The van der Waals surface area contributed by atoms with Gasteiger partial charge in [-0.15, -0.1) is 23.5 Å². The fraction of sp³-hybridized carbons (Fsp3) is 0.480. The van der Waals surface area contributed by atoms with Crippen molar-refractivity contribution >= 4 is 35.1 Å². The molecule has 0 bridgehead atoms. The van der Waals surface area contributed by atoms with Gasteiger partial charge in [-0.2, -0.15) is 0 Å². The van der Waals surface area contributed by atoms with Gasteiger partial charge in [-0.1, -0.05) is 26.0 Å². The highest BCUT2D eigenvalue weighted by molar-refractivity contribution is 8.16. The number of methoxy groups -OCH3 is 1. The molecule has 0 aliphatic carbocycles. The third-order valence-corrected chi connectivity index (χ3v) is 8.37. The first kappa shape index (κ1) is 25.6. The van der Waals surface area contributed by atoms with Crippen molar-refractivity contribution in [2.24, 2.45) is 0 Å². The van der Waals surface area contributed by atoms with Crippen molar-refractivity contribution in [2.75, 3.05) is 56.8 Å². The van der Waals surface area contributed by atoms with E-state index in [2.05, 4.69) is 36.2 Å². The van der Waals surface area contributed by atoms with Gasteiger partial charge in [-0.05, 0) is 60.8 Å². The molecule has 6 nitrogen and oxygen atoms in total. The van der Waals surface area contributed by atoms with Gasteiger partial charge in [-0.25, -0.2) is 0 Å². The van der Waals surface area contributed by atoms with Gasteiger partial charge in [0.15, 0.2) is 18.1 Å². The lowest BCUT2D eigenvalue weighted by Crippen LogP contribution is -2.28. The molecule has 1 N–H and O–H groups in total. The van der Waals surface area contributed by atoms with E-state index in [-0.39, 0.29) is 12.5 Å². The molecule has 0 aromatic heterocycles. The van der Waals surface area contributed by atoms with Crippen LogP contribution in [0.2, 0.25) is 0 Å². The smallest absolute Gasteiger partial charge is 0.262 e. The lowest BCUT2D eigenvalue weighted by Gasteiger charge is -2.21. The number of hydrogen-bond donors (Lipinski definition) is 1. The molecule has 0 atom stereocenters. The van der Waals surface area contributed by atoms with Gasteiger partial charge in [0, 0.05) is 18.3 Å². The van der Waals surface area contributed by atoms with Crippen LogP contribution >= 0.6 is 23.5 Å². The third kappa shape index (κ3) is 8.05. The van der Waals surface area contributed by atoms with Gasteiger partial charge in [0.2, 0.25) is 0 Å². The minimum atomic E-state index is -0.225. The zero-order valence-corrected chi connectivity index (χ0v) is 21.3. The molecule has 1 aliphatic heterocycles. The number of hydrogen-bond acceptors (Lipinski definition) is 7. The molecule has 1 amide bonds. The summed E-state index contributed by atoms with van der Waals surface area (Å²) in [6.45, 7) is 7.54. The van der Waals surface area contributed by atoms with E-state index in [9.17, 15) is 4.79 Å². The predicted molar refractivity (Wildman–Crippen MR) is 139 cm³/mol. The molecule has 0 unspecified atom stereocenters. The molecule has 3 rings (SSSR count). The highest BCUT2D eigenvalue weighted by Crippen LogP contribution is 2.43. The van der Waals surface area contributed by atoms with Crippen LogP contribution in [0.5, 0.6) is 17.2 Å². The fourth-order valence-corrected chi connectivity index (χ4v) is 6.33. The van der Waals surface area contributed by atoms with Gasteiger partial charge in [0.05, 0.1) is 11.7 Å². The van der Waals surface area contributed by atoms with Gasteiger partial charge in [0.1, 0.15) is 12.4 Å². The molecule has 180 valence electrons. The van der Waals surface area contributed by atoms with Crippen LogP contribution in [0.4, 0.5) is 5.69 Å². The maximum atomic E-state index is 12.4. The Morgan fingerprint density at radius 3 is 2.42 bits per heavy atom. The first-order chi connectivity index (χ1) is 16.1. The van der Waals surface area contributed by atoms with Crippen LogP contribution in [0.25, 0.3) is 0 Å². The zero-order chi connectivity index (χ0) is 23.5. The Morgan fingerprint density at radius 2 is 1.76 bits per heavy atom. The lowest BCUT2D eigenvalue weighted by molar-refractivity contribution is -0.118. The number of nitrogens with zero attached hydrogens (tertiary/aromatic N) is 1. The number of ether oxygens (including phenoxy) is 3. The van der Waals surface area contributed by atoms with Crippen molar-refractivity contribution in [1.82, 2.24) is 4.90 Å². The van der Waals surface area contributed by atoms with Crippen LogP contribution in [-0.2, 0) is 4.79 Å². The normalized spacial score (nSPS) is 14.2. The Morgan fingerprint density at radius 1 is 1.03 bits per heavy atom. The molecule has 0 saturated carbocycles. The number of carbonyl (C=O) groups is 1. The van der Waals surface area contributed by atoms with Crippen LogP contribution in [0.3, 0.4) is 0 Å². The summed E-state index contributed by atoms with van der Waals surface area (Å²) in [5.41, 5.74) is 1.94. The van der Waals surface area contributed by atoms with E-state index in [1.807, 2.05) is 35.7 Å². The molecule has 1 saturated heterocycles. The highest BCUT2D eigenvalue weighted by atomic mass is 32.2. The minimum Gasteiger partial charge on any atom is -0.493 e. The number of carbonyl (C=O) groups excluding carboxylic acids is 1. The minimum absolute atomic E-state index is 0.0591. The van der Waals surface area contributed by atoms with E-state index >= 15 is 0 Å². The largest absolute Gasteiger partial charge is 0.493 e. The van der Waals surface area contributed by atoms with E-state index in [1.54, 1.807) is 25.3 Å². The Labute approximate surface area is 205 Å². The number of thioether (sulfide) groups is 2. The summed E-state index contributed by atoms with van der Waals surface area (Å²) in [6, 6.07) is 13.4. The number of likely N-dealkylation sites (N-methyl/N-ethyl adjacent to an activating group) is 1. The molecule has 1 fully saturated rings. The SMILES string of the molecule is CCN(CC)CCOc1cc(NC(=O)COc2ccc(C3SCCCS3)cc2)ccc1OC. The number of nitrogens with one attached hydrogen (secondary N) is 1. The Bertz CT molecular complexity index is 869. The zero-order valence-electron chi connectivity index (χ0n) is 19.7. The Hall–Kier alpha value is -2.03. The third-order valence-electron chi connectivity index (χ3n) is 5.36. The average molecular weight is 491 g/mol. The molecule has 2 aromatic carbocycles. The maximum Gasteiger partial charge on any atom is 0.262 e. The van der Waals surface area contributed by atoms with Gasteiger partial charge in [-0.3, -0.25) is 4.79 Å². The number of anilines is 1. The Kier molecular flexibility index (Phi) is 10.6. The van der Waals surface area contributed by atoms with E-state index in [0.717, 1.165) is 19.6 Å². The second-order valence-electron chi connectivity index (χ2n) is 7.57. The van der Waals surface area contributed by atoms with Crippen molar-refractivity contribution in [3.8, 4) is 17.2 Å². The molecule has 1 heterocycles. The molecular weight excluding hydrogens is 456 g/mol. The van der Waals surface area contributed by atoms with Gasteiger partial charge in [0.25, 0.3) is 5.91 Å². The van der Waals surface area contributed by atoms with Crippen LogP contribution in [-0.4, -0.2) is 62.3 Å². The molecule has 0 spiro atoms. The molecule has 0 radical (unpaired) electrons. The summed E-state index contributed by atoms with van der Waals surface area (Å²) in [5, 5.41) is 2.87. The highest BCUT2D eigenvalue weighted by Gasteiger charge is 2.16. The molecule has 8 heteroatoms. The van der Waals surface area contributed by atoms with E-state index in [0.29, 0.717) is 34.1 Å². The molecular formula is C25H34N2O4S2. The number of rotatable bonds is 12. The predicted octanol–water partition coefficient (Wildman–Crippen LogP) is 5.30. The molecule has 2 aromatic rings. The molecule has 1 aliphatic rings. The van der Waals surface area contributed by atoms with E-state index in [4.69, 9.17) is 14.2 Å². The standard InChI is InChI=1S/C25H34N2O4S2/c1-4-27(5-2)13-14-30-23-17-20(9-12-22(23)29-3)26-24(28)18-31-21-10-7-19(8-11-21)25-32-15-6-16-33-25/h7-12,17,25H,4-6,13-16,18H2,1-3H3,(H,26,28). The summed E-state index contributed by atoms with van der Waals surface area (Å²) in [4.78, 5) is 14.7. The van der Waals surface area contributed by atoms with E-state index in [1.165, 1.54) is 23.5 Å². The summed E-state index contributed by atoms with van der Waals surface area (Å²) in [5.74, 6) is 4.14. The van der Waals surface area contributed by atoms with Gasteiger partial charge < -0.3 is 24.4 Å². The fourth-order valence-electron chi connectivity index (χ4n) is 3.44. The summed E-state index contributed by atoms with van der Waals surface area (Å²) >= 11 is 3.98. The van der Waals surface area contributed by atoms with Gasteiger partial charge >= 0.3 is 0 Å². The summed E-state index contributed by atoms with van der Waals surface area (Å²) in [6.07, 6.45) is 1.28.